The number of nitrogens with zero attached hydrogens (tertiary/aromatic N) is 3. The third-order valence-electron chi connectivity index (χ3n) is 3.36. The number of aromatic amines is 1. The average Bonchev–Trinajstić information content (AvgIpc) is 2.55. The Kier molecular flexibility index (Phi) is 3.72. The Bertz CT molecular complexity index is 936. The molecule has 7 heteroatoms. The van der Waals surface area contributed by atoms with Gasteiger partial charge in [-0.3, -0.25) is 4.79 Å². The van der Waals surface area contributed by atoms with Crippen LogP contribution in [-0.2, 0) is 0 Å². The summed E-state index contributed by atoms with van der Waals surface area (Å²) in [6.45, 7) is 1.90. The number of rotatable bonds is 3. The highest BCUT2D eigenvalue weighted by molar-refractivity contribution is 7.98. The molecule has 0 atom stereocenters. The van der Waals surface area contributed by atoms with Crippen LogP contribution in [0.4, 0.5) is 5.69 Å². The molecule has 0 saturated heterocycles. The number of hydrogen-bond acceptors (Lipinski definition) is 6. The minimum Gasteiger partial charge on any atom is -0.320 e. The highest BCUT2D eigenvalue weighted by Gasteiger charge is 2.10. The van der Waals surface area contributed by atoms with E-state index in [0.29, 0.717) is 27.4 Å². The van der Waals surface area contributed by atoms with Crippen LogP contribution in [0.5, 0.6) is 0 Å². The van der Waals surface area contributed by atoms with Crippen LogP contribution in [0.15, 0.2) is 45.6 Å². The molecule has 2 heterocycles. The molecule has 0 amide bonds. The Morgan fingerprint density at radius 2 is 2.09 bits per heavy atom. The molecular formula is C15H12N4O2S. The van der Waals surface area contributed by atoms with Crippen molar-refractivity contribution in [3.8, 4) is 11.3 Å². The van der Waals surface area contributed by atoms with E-state index in [1.165, 1.54) is 11.8 Å². The van der Waals surface area contributed by atoms with E-state index in [1.54, 1.807) is 30.5 Å². The van der Waals surface area contributed by atoms with Crippen molar-refractivity contribution in [1.82, 2.24) is 15.0 Å². The normalized spacial score (nSPS) is 10.8. The van der Waals surface area contributed by atoms with E-state index >= 15 is 0 Å². The lowest BCUT2D eigenvalue weighted by atomic mass is 10.0. The first kappa shape index (κ1) is 14.4. The second-order valence-corrected chi connectivity index (χ2v) is 5.54. The van der Waals surface area contributed by atoms with Crippen LogP contribution in [0.1, 0.15) is 5.56 Å². The Hall–Kier alpha value is -2.54. The van der Waals surface area contributed by atoms with Crippen molar-refractivity contribution in [2.45, 2.75) is 12.1 Å². The average molecular weight is 312 g/mol. The molecule has 3 rings (SSSR count). The minimum absolute atomic E-state index is 0.283. The fourth-order valence-electron chi connectivity index (χ4n) is 2.24. The van der Waals surface area contributed by atoms with Gasteiger partial charge in [0.05, 0.1) is 0 Å². The molecule has 2 aromatic heterocycles. The number of nitroso groups, excluding NO2 is 1. The number of pyridine rings is 1. The summed E-state index contributed by atoms with van der Waals surface area (Å²) in [5, 5.41) is 4.14. The number of thioether (sulfide) groups is 1. The number of benzene rings is 1. The summed E-state index contributed by atoms with van der Waals surface area (Å²) in [6, 6.07) is 6.88. The number of aromatic nitrogens is 3. The van der Waals surface area contributed by atoms with Gasteiger partial charge in [0.25, 0.3) is 5.56 Å². The monoisotopic (exact) mass is 312 g/mol. The van der Waals surface area contributed by atoms with E-state index in [4.69, 9.17) is 0 Å². The zero-order chi connectivity index (χ0) is 15.7. The van der Waals surface area contributed by atoms with Gasteiger partial charge in [-0.15, -0.1) is 4.91 Å². The van der Waals surface area contributed by atoms with Crippen LogP contribution in [0.25, 0.3) is 22.2 Å². The largest absolute Gasteiger partial charge is 0.320 e. The van der Waals surface area contributed by atoms with E-state index in [1.807, 2.05) is 13.2 Å². The van der Waals surface area contributed by atoms with E-state index in [-0.39, 0.29) is 5.56 Å². The summed E-state index contributed by atoms with van der Waals surface area (Å²) >= 11 is 1.38. The Balaban J connectivity index is 2.25. The SMILES string of the molecule is CSc1ncc2cc(-c3cc(N=O)ccc3C)[nH]c(=O)c2n1. The van der Waals surface area contributed by atoms with Gasteiger partial charge in [0, 0.05) is 22.8 Å². The van der Waals surface area contributed by atoms with E-state index in [9.17, 15) is 9.70 Å². The van der Waals surface area contributed by atoms with Gasteiger partial charge < -0.3 is 4.98 Å². The molecule has 22 heavy (non-hydrogen) atoms. The minimum atomic E-state index is -0.283. The standard InChI is InChI=1S/C15H12N4O2S/c1-8-3-4-10(19-21)6-11(8)12-5-9-7-16-15(22-2)18-13(9)14(20)17-12/h3-7H,1-2H3,(H,17,20). The third-order valence-corrected chi connectivity index (χ3v) is 3.92. The number of H-pyrrole nitrogens is 1. The summed E-state index contributed by atoms with van der Waals surface area (Å²) in [6.07, 6.45) is 3.48. The van der Waals surface area contributed by atoms with Crippen molar-refractivity contribution in [1.29, 1.82) is 0 Å². The Morgan fingerprint density at radius 3 is 2.82 bits per heavy atom. The zero-order valence-corrected chi connectivity index (χ0v) is 12.8. The molecule has 0 unspecified atom stereocenters. The Morgan fingerprint density at radius 1 is 1.27 bits per heavy atom. The van der Waals surface area contributed by atoms with Crippen LogP contribution in [0.3, 0.4) is 0 Å². The van der Waals surface area contributed by atoms with Crippen molar-refractivity contribution in [2.24, 2.45) is 5.18 Å². The molecular weight excluding hydrogens is 300 g/mol. The molecule has 0 aliphatic rings. The molecule has 0 fully saturated rings. The van der Waals surface area contributed by atoms with Gasteiger partial charge in [-0.1, -0.05) is 17.8 Å². The number of hydrogen-bond donors (Lipinski definition) is 1. The second-order valence-electron chi connectivity index (χ2n) is 4.76. The number of fused-ring (bicyclic) bond motifs is 1. The Labute approximate surface area is 130 Å². The van der Waals surface area contributed by atoms with Crippen LogP contribution in [0.2, 0.25) is 0 Å². The maximum Gasteiger partial charge on any atom is 0.275 e. The zero-order valence-electron chi connectivity index (χ0n) is 12.0. The number of aryl methyl sites for hydroxylation is 1. The lowest BCUT2D eigenvalue weighted by molar-refractivity contribution is 0.997. The maximum atomic E-state index is 12.3. The van der Waals surface area contributed by atoms with Crippen LogP contribution in [-0.4, -0.2) is 21.2 Å². The molecule has 0 radical (unpaired) electrons. The molecule has 6 nitrogen and oxygen atoms in total. The molecule has 0 saturated carbocycles. The van der Waals surface area contributed by atoms with Gasteiger partial charge >= 0.3 is 0 Å². The third kappa shape index (κ3) is 2.50. The van der Waals surface area contributed by atoms with Gasteiger partial charge in [-0.25, -0.2) is 9.97 Å². The second kappa shape index (κ2) is 5.69. The summed E-state index contributed by atoms with van der Waals surface area (Å²) in [5.74, 6) is 0. The number of nitrogens with one attached hydrogen (secondary N) is 1. The van der Waals surface area contributed by atoms with Crippen LogP contribution in [0, 0.1) is 11.8 Å². The van der Waals surface area contributed by atoms with Gasteiger partial charge in [0.15, 0.2) is 5.16 Å². The highest BCUT2D eigenvalue weighted by Crippen LogP contribution is 2.27. The van der Waals surface area contributed by atoms with Gasteiger partial charge in [-0.2, -0.15) is 0 Å². The first-order valence-corrected chi connectivity index (χ1v) is 7.73. The smallest absolute Gasteiger partial charge is 0.275 e. The molecule has 0 spiro atoms. The molecule has 3 aromatic rings. The van der Waals surface area contributed by atoms with Crippen molar-refractivity contribution >= 4 is 28.4 Å². The van der Waals surface area contributed by atoms with Gasteiger partial charge in [0.1, 0.15) is 11.2 Å². The molecule has 0 aliphatic heterocycles. The van der Waals surface area contributed by atoms with Crippen LogP contribution < -0.4 is 5.56 Å². The molecule has 110 valence electrons. The van der Waals surface area contributed by atoms with Crippen molar-refractivity contribution in [2.75, 3.05) is 6.26 Å². The lowest BCUT2D eigenvalue weighted by Gasteiger charge is -2.07. The summed E-state index contributed by atoms with van der Waals surface area (Å²) in [7, 11) is 0. The lowest BCUT2D eigenvalue weighted by Crippen LogP contribution is -2.10. The first-order chi connectivity index (χ1) is 10.6. The molecule has 1 N–H and O–H groups in total. The predicted molar refractivity (Wildman–Crippen MR) is 87.6 cm³/mol. The first-order valence-electron chi connectivity index (χ1n) is 6.51. The van der Waals surface area contributed by atoms with E-state index in [2.05, 4.69) is 20.1 Å². The maximum absolute atomic E-state index is 12.3. The highest BCUT2D eigenvalue weighted by atomic mass is 32.2. The van der Waals surface area contributed by atoms with E-state index < -0.39 is 0 Å². The predicted octanol–water partition coefficient (Wildman–Crippen LogP) is 3.41. The van der Waals surface area contributed by atoms with Crippen LogP contribution >= 0.6 is 11.8 Å². The summed E-state index contributed by atoms with van der Waals surface area (Å²) in [4.78, 5) is 34.2. The fourth-order valence-corrected chi connectivity index (χ4v) is 2.58. The van der Waals surface area contributed by atoms with Gasteiger partial charge in [-0.05, 0) is 42.1 Å². The van der Waals surface area contributed by atoms with Crippen molar-refractivity contribution in [3.63, 3.8) is 0 Å². The fraction of sp³-hybridized carbons (Fsp3) is 0.133. The molecule has 0 aliphatic carbocycles. The summed E-state index contributed by atoms with van der Waals surface area (Å²) < 4.78 is 0. The summed E-state index contributed by atoms with van der Waals surface area (Å²) in [5.41, 5.74) is 2.69. The molecule has 0 bridgehead atoms. The van der Waals surface area contributed by atoms with Crippen molar-refractivity contribution < 1.29 is 0 Å². The van der Waals surface area contributed by atoms with Crippen molar-refractivity contribution in [3.05, 3.63) is 51.3 Å². The molecule has 1 aromatic carbocycles. The topological polar surface area (TPSA) is 88.1 Å². The quantitative estimate of drug-likeness (QED) is 0.455. The van der Waals surface area contributed by atoms with E-state index in [0.717, 1.165) is 11.1 Å². The van der Waals surface area contributed by atoms with Gasteiger partial charge in [0.2, 0.25) is 0 Å².